The number of amides is 2. The predicted octanol–water partition coefficient (Wildman–Crippen LogP) is 3.14. The highest BCUT2D eigenvalue weighted by Gasteiger charge is 2.12. The van der Waals surface area contributed by atoms with Gasteiger partial charge in [0.25, 0.3) is 11.5 Å². The summed E-state index contributed by atoms with van der Waals surface area (Å²) in [6, 6.07) is 8.40. The number of hydrogen-bond acceptors (Lipinski definition) is 5. The van der Waals surface area contributed by atoms with Crippen LogP contribution in [0.3, 0.4) is 0 Å². The standard InChI is InChI=1S/C21H21FN4O3S/c1-13(2)17-12-30-21(24-17)25-18(27)11-26-10-15(5-8-19(26)28)20(29)23-9-14-3-6-16(22)7-4-14/h3-8,10,12-13H,9,11H2,1-2H3,(H,23,29)(H,24,25,27). The SMILES string of the molecule is CC(C)c1csc(NC(=O)Cn2cc(C(=O)NCc3ccc(F)cc3)ccc2=O)n1. The number of hydrogen-bond donors (Lipinski definition) is 2. The van der Waals surface area contributed by atoms with Crippen molar-refractivity contribution in [1.29, 1.82) is 0 Å². The number of nitrogens with zero attached hydrogens (tertiary/aromatic N) is 2. The maximum Gasteiger partial charge on any atom is 0.253 e. The number of pyridine rings is 1. The molecule has 0 bridgehead atoms. The molecule has 0 saturated heterocycles. The van der Waals surface area contributed by atoms with Crippen molar-refractivity contribution in [1.82, 2.24) is 14.9 Å². The molecule has 3 aromatic rings. The number of aromatic nitrogens is 2. The van der Waals surface area contributed by atoms with E-state index in [-0.39, 0.29) is 30.4 Å². The second-order valence-corrected chi connectivity index (χ2v) is 7.83. The summed E-state index contributed by atoms with van der Waals surface area (Å²) in [5.41, 5.74) is 1.46. The third-order valence-corrected chi connectivity index (χ3v) is 5.06. The molecule has 0 atom stereocenters. The first-order valence-corrected chi connectivity index (χ1v) is 10.2. The summed E-state index contributed by atoms with van der Waals surface area (Å²) in [5.74, 6) is -0.922. The first kappa shape index (κ1) is 21.4. The summed E-state index contributed by atoms with van der Waals surface area (Å²) in [6.45, 7) is 3.98. The lowest BCUT2D eigenvalue weighted by atomic mass is 10.2. The van der Waals surface area contributed by atoms with Crippen LogP contribution in [0.1, 0.15) is 41.4 Å². The van der Waals surface area contributed by atoms with Crippen LogP contribution in [0.5, 0.6) is 0 Å². The smallest absolute Gasteiger partial charge is 0.253 e. The van der Waals surface area contributed by atoms with Gasteiger partial charge in [-0.1, -0.05) is 26.0 Å². The minimum Gasteiger partial charge on any atom is -0.348 e. The maximum absolute atomic E-state index is 13.0. The molecule has 156 valence electrons. The molecule has 2 amide bonds. The molecule has 0 aliphatic carbocycles. The molecule has 2 N–H and O–H groups in total. The lowest BCUT2D eigenvalue weighted by Crippen LogP contribution is -2.29. The van der Waals surface area contributed by atoms with Gasteiger partial charge in [-0.05, 0) is 29.7 Å². The summed E-state index contributed by atoms with van der Waals surface area (Å²) in [6.07, 6.45) is 1.34. The van der Waals surface area contributed by atoms with Gasteiger partial charge >= 0.3 is 0 Å². The van der Waals surface area contributed by atoms with Gasteiger partial charge in [0.1, 0.15) is 12.4 Å². The summed E-state index contributed by atoms with van der Waals surface area (Å²) >= 11 is 1.32. The van der Waals surface area contributed by atoms with Crippen LogP contribution in [0.15, 0.2) is 52.8 Å². The second-order valence-electron chi connectivity index (χ2n) is 6.97. The van der Waals surface area contributed by atoms with Gasteiger partial charge in [0, 0.05) is 24.2 Å². The fourth-order valence-electron chi connectivity index (χ4n) is 2.60. The van der Waals surface area contributed by atoms with E-state index < -0.39 is 17.4 Å². The van der Waals surface area contributed by atoms with Crippen molar-refractivity contribution in [3.05, 3.63) is 81.0 Å². The topological polar surface area (TPSA) is 93.1 Å². The highest BCUT2D eigenvalue weighted by atomic mass is 32.1. The van der Waals surface area contributed by atoms with E-state index in [9.17, 15) is 18.8 Å². The fraction of sp³-hybridized carbons (Fsp3) is 0.238. The van der Waals surface area contributed by atoms with Crippen molar-refractivity contribution in [3.8, 4) is 0 Å². The monoisotopic (exact) mass is 428 g/mol. The van der Waals surface area contributed by atoms with Crippen molar-refractivity contribution >= 4 is 28.3 Å². The van der Waals surface area contributed by atoms with Gasteiger partial charge in [-0.2, -0.15) is 0 Å². The number of carbonyl (C=O) groups is 2. The Kier molecular flexibility index (Phi) is 6.73. The maximum atomic E-state index is 13.0. The van der Waals surface area contributed by atoms with E-state index in [1.165, 1.54) is 46.4 Å². The van der Waals surface area contributed by atoms with Crippen molar-refractivity contribution in [2.24, 2.45) is 0 Å². The highest BCUT2D eigenvalue weighted by Crippen LogP contribution is 2.21. The number of rotatable bonds is 7. The van der Waals surface area contributed by atoms with Gasteiger partial charge in [-0.25, -0.2) is 9.37 Å². The summed E-state index contributed by atoms with van der Waals surface area (Å²) in [4.78, 5) is 41.1. The number of halogens is 1. The molecular formula is C21H21FN4O3S. The number of thiazole rings is 1. The van der Waals surface area contributed by atoms with E-state index in [4.69, 9.17) is 0 Å². The molecule has 30 heavy (non-hydrogen) atoms. The average molecular weight is 428 g/mol. The number of anilines is 1. The van der Waals surface area contributed by atoms with Crippen LogP contribution in [0.4, 0.5) is 9.52 Å². The first-order chi connectivity index (χ1) is 14.3. The van der Waals surface area contributed by atoms with Gasteiger partial charge in [-0.15, -0.1) is 11.3 Å². The van der Waals surface area contributed by atoms with Gasteiger partial charge in [0.2, 0.25) is 5.91 Å². The van der Waals surface area contributed by atoms with Crippen LogP contribution in [0, 0.1) is 5.82 Å². The Bertz CT molecular complexity index is 1110. The number of carbonyl (C=O) groups excluding carboxylic acids is 2. The molecule has 0 unspecified atom stereocenters. The van der Waals surface area contributed by atoms with Crippen LogP contribution in [-0.2, 0) is 17.9 Å². The molecule has 9 heteroatoms. The molecule has 2 aromatic heterocycles. The van der Waals surface area contributed by atoms with E-state index in [1.54, 1.807) is 12.1 Å². The van der Waals surface area contributed by atoms with Crippen LogP contribution in [0.2, 0.25) is 0 Å². The average Bonchev–Trinajstić information content (AvgIpc) is 3.17. The second kappa shape index (κ2) is 9.45. The molecule has 0 spiro atoms. The van der Waals surface area contributed by atoms with Gasteiger partial charge in [0.05, 0.1) is 11.3 Å². The van der Waals surface area contributed by atoms with Crippen LogP contribution in [-0.4, -0.2) is 21.4 Å². The van der Waals surface area contributed by atoms with Crippen molar-refractivity contribution in [2.75, 3.05) is 5.32 Å². The van der Waals surface area contributed by atoms with Gasteiger partial charge in [0.15, 0.2) is 5.13 Å². The third-order valence-electron chi connectivity index (χ3n) is 4.29. The fourth-order valence-corrected chi connectivity index (χ4v) is 3.49. The van der Waals surface area contributed by atoms with Crippen molar-refractivity contribution < 1.29 is 14.0 Å². The zero-order valence-electron chi connectivity index (χ0n) is 16.5. The Morgan fingerprint density at radius 3 is 2.57 bits per heavy atom. The zero-order chi connectivity index (χ0) is 21.7. The summed E-state index contributed by atoms with van der Waals surface area (Å²) < 4.78 is 14.1. The summed E-state index contributed by atoms with van der Waals surface area (Å²) in [5, 5.41) is 7.71. The summed E-state index contributed by atoms with van der Waals surface area (Å²) in [7, 11) is 0. The van der Waals surface area contributed by atoms with Crippen LogP contribution < -0.4 is 16.2 Å². The zero-order valence-corrected chi connectivity index (χ0v) is 17.3. The molecule has 1 aromatic carbocycles. The Balaban J connectivity index is 1.63. The molecule has 3 rings (SSSR count). The largest absolute Gasteiger partial charge is 0.348 e. The van der Waals surface area contributed by atoms with Gasteiger partial charge in [-0.3, -0.25) is 14.4 Å². The molecule has 0 aliphatic rings. The minimum absolute atomic E-state index is 0.209. The van der Waals surface area contributed by atoms with Crippen molar-refractivity contribution in [3.63, 3.8) is 0 Å². The Morgan fingerprint density at radius 1 is 1.17 bits per heavy atom. The molecule has 2 heterocycles. The lowest BCUT2D eigenvalue weighted by Gasteiger charge is -2.09. The highest BCUT2D eigenvalue weighted by molar-refractivity contribution is 7.13. The van der Waals surface area contributed by atoms with E-state index >= 15 is 0 Å². The van der Waals surface area contributed by atoms with Crippen LogP contribution in [0.25, 0.3) is 0 Å². The van der Waals surface area contributed by atoms with Gasteiger partial charge < -0.3 is 15.2 Å². The van der Waals surface area contributed by atoms with E-state index in [1.807, 2.05) is 19.2 Å². The molecule has 0 saturated carbocycles. The van der Waals surface area contributed by atoms with Crippen LogP contribution >= 0.6 is 11.3 Å². The first-order valence-electron chi connectivity index (χ1n) is 9.30. The van der Waals surface area contributed by atoms with E-state index in [2.05, 4.69) is 15.6 Å². The number of nitrogens with one attached hydrogen (secondary N) is 2. The van der Waals surface area contributed by atoms with E-state index in [0.717, 1.165) is 11.3 Å². The lowest BCUT2D eigenvalue weighted by molar-refractivity contribution is -0.116. The van der Waals surface area contributed by atoms with E-state index in [0.29, 0.717) is 5.13 Å². The third kappa shape index (κ3) is 5.60. The Morgan fingerprint density at radius 2 is 1.90 bits per heavy atom. The molecule has 0 radical (unpaired) electrons. The normalized spacial score (nSPS) is 10.8. The minimum atomic E-state index is -0.411. The quantitative estimate of drug-likeness (QED) is 0.605. The predicted molar refractivity (Wildman–Crippen MR) is 113 cm³/mol. The Labute approximate surface area is 176 Å². The molecular weight excluding hydrogens is 407 g/mol. The Hall–Kier alpha value is -3.33. The number of benzene rings is 1. The van der Waals surface area contributed by atoms with Crippen molar-refractivity contribution in [2.45, 2.75) is 32.9 Å². The molecule has 0 fully saturated rings. The molecule has 7 nitrogen and oxygen atoms in total. The molecule has 0 aliphatic heterocycles.